The van der Waals surface area contributed by atoms with Crippen molar-refractivity contribution in [2.24, 2.45) is 0 Å². The summed E-state index contributed by atoms with van der Waals surface area (Å²) in [6.45, 7) is 9.38. The molecule has 0 aliphatic carbocycles. The number of methoxy groups -OCH3 is 1. The number of amides is 1. The van der Waals surface area contributed by atoms with Crippen LogP contribution in [0.5, 0.6) is 11.5 Å². The summed E-state index contributed by atoms with van der Waals surface area (Å²) in [5, 5.41) is 6.91. The highest BCUT2D eigenvalue weighted by molar-refractivity contribution is 6.05. The molecule has 0 saturated carbocycles. The van der Waals surface area contributed by atoms with E-state index in [0.29, 0.717) is 41.1 Å². The lowest BCUT2D eigenvalue weighted by Gasteiger charge is -2.15. The monoisotopic (exact) mass is 554 g/mol. The number of ether oxygens (including phenoxy) is 2. The molecule has 7 nitrogen and oxygen atoms in total. The maximum absolute atomic E-state index is 13.0. The smallest absolute Gasteiger partial charge is 0.360 e. The van der Waals surface area contributed by atoms with Crippen LogP contribution in [0.4, 0.5) is 5.69 Å². The summed E-state index contributed by atoms with van der Waals surface area (Å²) in [6, 6.07) is 21.1. The summed E-state index contributed by atoms with van der Waals surface area (Å²) in [4.78, 5) is 25.9. The van der Waals surface area contributed by atoms with E-state index in [0.717, 1.165) is 24.1 Å². The lowest BCUT2D eigenvalue weighted by Crippen LogP contribution is -2.21. The van der Waals surface area contributed by atoms with Crippen molar-refractivity contribution in [1.29, 1.82) is 0 Å². The Morgan fingerprint density at radius 1 is 1.02 bits per heavy atom. The standard InChI is InChI=1S/C34H38N2O5/c1-22(2)12-13-26-20-28(15-17-31(26)39-5)33(37)36-29-21-27-14-16-30(23(3)32(27)41-34(29)38)40-19-9-18-35-24(4)25-10-7-6-8-11-25/h6-8,10-12,14-17,20-21,24,35H,9,13,18-19H2,1-5H3,(H,36,37). The van der Waals surface area contributed by atoms with E-state index >= 15 is 0 Å². The van der Waals surface area contributed by atoms with Crippen molar-refractivity contribution >= 4 is 22.6 Å². The second kappa shape index (κ2) is 13.8. The second-order valence-electron chi connectivity index (χ2n) is 10.3. The van der Waals surface area contributed by atoms with Crippen molar-refractivity contribution in [3.8, 4) is 11.5 Å². The molecule has 1 heterocycles. The fraction of sp³-hybridized carbons (Fsp3) is 0.294. The Hall–Kier alpha value is -4.36. The number of hydrogen-bond acceptors (Lipinski definition) is 6. The van der Waals surface area contributed by atoms with E-state index in [1.807, 2.05) is 51.1 Å². The van der Waals surface area contributed by atoms with Crippen LogP contribution in [0.1, 0.15) is 60.3 Å². The van der Waals surface area contributed by atoms with Crippen molar-refractivity contribution in [3.05, 3.63) is 111 Å². The van der Waals surface area contributed by atoms with Gasteiger partial charge in [-0.3, -0.25) is 4.79 Å². The van der Waals surface area contributed by atoms with Gasteiger partial charge in [0.25, 0.3) is 5.91 Å². The van der Waals surface area contributed by atoms with E-state index in [-0.39, 0.29) is 11.7 Å². The van der Waals surface area contributed by atoms with Gasteiger partial charge in [-0.05, 0) is 94.6 Å². The van der Waals surface area contributed by atoms with E-state index in [1.165, 1.54) is 11.1 Å². The minimum Gasteiger partial charge on any atom is -0.496 e. The Labute approximate surface area is 241 Å². The normalized spacial score (nSPS) is 11.6. The summed E-state index contributed by atoms with van der Waals surface area (Å²) in [7, 11) is 1.60. The molecule has 0 aliphatic rings. The summed E-state index contributed by atoms with van der Waals surface area (Å²) < 4.78 is 17.1. The van der Waals surface area contributed by atoms with E-state index in [4.69, 9.17) is 13.9 Å². The SMILES string of the molecule is COc1ccc(C(=O)Nc2cc3ccc(OCCCNC(C)c4ccccc4)c(C)c3oc2=O)cc1CC=C(C)C. The fourth-order valence-corrected chi connectivity index (χ4v) is 4.57. The van der Waals surface area contributed by atoms with Gasteiger partial charge in [-0.15, -0.1) is 0 Å². The molecule has 1 amide bonds. The third-order valence-electron chi connectivity index (χ3n) is 6.95. The molecule has 1 atom stereocenters. The van der Waals surface area contributed by atoms with E-state index < -0.39 is 11.5 Å². The number of carbonyl (C=O) groups excluding carboxylic acids is 1. The van der Waals surface area contributed by atoms with Crippen LogP contribution in [0.3, 0.4) is 0 Å². The largest absolute Gasteiger partial charge is 0.496 e. The molecule has 0 bridgehead atoms. The minimum atomic E-state index is -0.622. The molecule has 1 unspecified atom stereocenters. The van der Waals surface area contributed by atoms with Crippen LogP contribution in [0, 0.1) is 6.92 Å². The molecular weight excluding hydrogens is 516 g/mol. The topological polar surface area (TPSA) is 89.8 Å². The third-order valence-corrected chi connectivity index (χ3v) is 6.95. The zero-order valence-corrected chi connectivity index (χ0v) is 24.4. The van der Waals surface area contributed by atoms with Crippen LogP contribution in [-0.2, 0) is 6.42 Å². The fourth-order valence-electron chi connectivity index (χ4n) is 4.57. The lowest BCUT2D eigenvalue weighted by atomic mass is 10.0. The first-order valence-electron chi connectivity index (χ1n) is 13.9. The number of rotatable bonds is 12. The number of aryl methyl sites for hydroxylation is 1. The van der Waals surface area contributed by atoms with Crippen molar-refractivity contribution in [1.82, 2.24) is 5.32 Å². The summed E-state index contributed by atoms with van der Waals surface area (Å²) in [5.41, 5.74) is 4.37. The van der Waals surface area contributed by atoms with Crippen LogP contribution in [-0.4, -0.2) is 26.2 Å². The van der Waals surface area contributed by atoms with Gasteiger partial charge < -0.3 is 24.5 Å². The number of nitrogens with one attached hydrogen (secondary N) is 2. The average molecular weight is 555 g/mol. The Kier molecular flexibility index (Phi) is 9.98. The number of hydrogen-bond donors (Lipinski definition) is 2. The molecular formula is C34H38N2O5. The minimum absolute atomic E-state index is 0.0795. The highest BCUT2D eigenvalue weighted by Gasteiger charge is 2.15. The van der Waals surface area contributed by atoms with Crippen molar-refractivity contribution in [2.45, 2.75) is 46.6 Å². The molecule has 4 aromatic rings. The maximum Gasteiger partial charge on any atom is 0.360 e. The zero-order chi connectivity index (χ0) is 29.4. The molecule has 3 aromatic carbocycles. The predicted octanol–water partition coefficient (Wildman–Crippen LogP) is 6.99. The first-order chi connectivity index (χ1) is 19.8. The third kappa shape index (κ3) is 7.64. The van der Waals surface area contributed by atoms with Crippen LogP contribution in [0.15, 0.2) is 87.6 Å². The van der Waals surface area contributed by atoms with Gasteiger partial charge in [0.1, 0.15) is 22.8 Å². The van der Waals surface area contributed by atoms with E-state index in [1.54, 1.807) is 31.4 Å². The predicted molar refractivity (Wildman–Crippen MR) is 164 cm³/mol. The van der Waals surface area contributed by atoms with Crippen LogP contribution in [0.25, 0.3) is 11.0 Å². The van der Waals surface area contributed by atoms with Gasteiger partial charge in [-0.1, -0.05) is 42.0 Å². The molecule has 0 fully saturated rings. The Balaban J connectivity index is 1.40. The van der Waals surface area contributed by atoms with E-state index in [2.05, 4.69) is 35.8 Å². The van der Waals surface area contributed by atoms with Crippen molar-refractivity contribution < 1.29 is 18.7 Å². The van der Waals surface area contributed by atoms with Gasteiger partial charge in [0.05, 0.1) is 13.7 Å². The first-order valence-corrected chi connectivity index (χ1v) is 13.9. The van der Waals surface area contributed by atoms with Gasteiger partial charge >= 0.3 is 5.63 Å². The second-order valence-corrected chi connectivity index (χ2v) is 10.3. The molecule has 41 heavy (non-hydrogen) atoms. The summed E-state index contributed by atoms with van der Waals surface area (Å²) in [6.07, 6.45) is 3.53. The number of benzene rings is 3. The summed E-state index contributed by atoms with van der Waals surface area (Å²) >= 11 is 0. The van der Waals surface area contributed by atoms with Gasteiger partial charge in [0, 0.05) is 22.6 Å². The molecule has 0 radical (unpaired) electrons. The van der Waals surface area contributed by atoms with E-state index in [9.17, 15) is 9.59 Å². The lowest BCUT2D eigenvalue weighted by molar-refractivity contribution is 0.102. The molecule has 4 rings (SSSR count). The highest BCUT2D eigenvalue weighted by atomic mass is 16.5. The number of fused-ring (bicyclic) bond motifs is 1. The number of carbonyl (C=O) groups is 1. The van der Waals surface area contributed by atoms with Gasteiger partial charge in [0.15, 0.2) is 0 Å². The molecule has 0 aliphatic heterocycles. The van der Waals surface area contributed by atoms with Crippen LogP contribution >= 0.6 is 0 Å². The molecule has 214 valence electrons. The van der Waals surface area contributed by atoms with Gasteiger partial charge in [0.2, 0.25) is 0 Å². The Morgan fingerprint density at radius 3 is 2.51 bits per heavy atom. The maximum atomic E-state index is 13.0. The average Bonchev–Trinajstić information content (AvgIpc) is 2.97. The zero-order valence-electron chi connectivity index (χ0n) is 24.4. The van der Waals surface area contributed by atoms with Crippen molar-refractivity contribution in [2.75, 3.05) is 25.6 Å². The van der Waals surface area contributed by atoms with Crippen molar-refractivity contribution in [3.63, 3.8) is 0 Å². The Morgan fingerprint density at radius 2 is 1.78 bits per heavy atom. The molecule has 7 heteroatoms. The van der Waals surface area contributed by atoms with Gasteiger partial charge in [-0.25, -0.2) is 4.79 Å². The van der Waals surface area contributed by atoms with Crippen LogP contribution in [0.2, 0.25) is 0 Å². The van der Waals surface area contributed by atoms with Gasteiger partial charge in [-0.2, -0.15) is 0 Å². The summed E-state index contributed by atoms with van der Waals surface area (Å²) in [5.74, 6) is 0.969. The molecule has 0 saturated heterocycles. The highest BCUT2D eigenvalue weighted by Crippen LogP contribution is 2.28. The number of allylic oxidation sites excluding steroid dienone is 2. The van der Waals surface area contributed by atoms with Crippen LogP contribution < -0.4 is 25.7 Å². The number of anilines is 1. The molecule has 1 aromatic heterocycles. The molecule has 2 N–H and O–H groups in total. The Bertz CT molecular complexity index is 1590. The quantitative estimate of drug-likeness (QED) is 0.111. The molecule has 0 spiro atoms. The first kappa shape index (κ1) is 29.6.